The molecule has 1 rings (SSSR count). The van der Waals surface area contributed by atoms with Crippen LogP contribution in [0.15, 0.2) is 17.3 Å². The number of carboxylic acids is 1. The van der Waals surface area contributed by atoms with Crippen molar-refractivity contribution in [2.24, 2.45) is 0 Å². The molecule has 0 bridgehead atoms. The number of carboxylic acid groups (broad SMARTS) is 1. The van der Waals surface area contributed by atoms with Gasteiger partial charge in [-0.25, -0.2) is 9.78 Å². The number of carbonyl (C=O) groups is 1. The highest BCUT2D eigenvalue weighted by Gasteiger charge is 2.30. The molecule has 82 valence electrons. The van der Waals surface area contributed by atoms with Gasteiger partial charge in [0.05, 0.1) is 10.6 Å². The number of alkyl halides is 3. The van der Waals surface area contributed by atoms with Gasteiger partial charge in [0.15, 0.2) is 0 Å². The highest BCUT2D eigenvalue weighted by molar-refractivity contribution is 8.00. The monoisotopic (exact) mass is 257 g/mol. The summed E-state index contributed by atoms with van der Waals surface area (Å²) in [6.07, 6.45) is 0.790. The van der Waals surface area contributed by atoms with Crippen LogP contribution in [0.2, 0.25) is 5.02 Å². The summed E-state index contributed by atoms with van der Waals surface area (Å²) in [6, 6.07) is 0.864. The van der Waals surface area contributed by atoms with Gasteiger partial charge in [-0.2, -0.15) is 13.2 Å². The molecule has 0 aliphatic carbocycles. The number of aromatic nitrogens is 1. The van der Waals surface area contributed by atoms with Crippen LogP contribution in [-0.4, -0.2) is 21.6 Å². The number of aromatic carboxylic acids is 1. The second-order valence-electron chi connectivity index (χ2n) is 2.36. The summed E-state index contributed by atoms with van der Waals surface area (Å²) in [7, 11) is 0. The SMILES string of the molecule is O=C(O)c1cnc(SC(F)(F)F)cc1Cl. The first kappa shape index (κ1) is 12.1. The summed E-state index contributed by atoms with van der Waals surface area (Å²) in [4.78, 5) is 13.8. The van der Waals surface area contributed by atoms with Crippen LogP contribution in [0.5, 0.6) is 0 Å². The first-order valence-electron chi connectivity index (χ1n) is 3.44. The van der Waals surface area contributed by atoms with Crippen LogP contribution in [0.3, 0.4) is 0 Å². The molecule has 0 atom stereocenters. The van der Waals surface area contributed by atoms with Crippen LogP contribution in [0.4, 0.5) is 13.2 Å². The van der Waals surface area contributed by atoms with Crippen molar-refractivity contribution in [3.63, 3.8) is 0 Å². The molecule has 3 nitrogen and oxygen atoms in total. The molecule has 0 aromatic carbocycles. The summed E-state index contributed by atoms with van der Waals surface area (Å²) in [5.41, 5.74) is -4.80. The summed E-state index contributed by atoms with van der Waals surface area (Å²) < 4.78 is 35.7. The first-order chi connectivity index (χ1) is 6.79. The summed E-state index contributed by atoms with van der Waals surface area (Å²) >= 11 is 5.00. The lowest BCUT2D eigenvalue weighted by molar-refractivity contribution is -0.0329. The Morgan fingerprint density at radius 3 is 2.53 bits per heavy atom. The molecular formula is C7H3ClF3NO2S. The molecule has 0 fully saturated rings. The third-order valence-corrected chi connectivity index (χ3v) is 2.26. The Hall–Kier alpha value is -0.950. The molecule has 0 saturated heterocycles. The van der Waals surface area contributed by atoms with Gasteiger partial charge >= 0.3 is 11.5 Å². The van der Waals surface area contributed by atoms with E-state index >= 15 is 0 Å². The molecule has 0 radical (unpaired) electrons. The van der Waals surface area contributed by atoms with E-state index in [1.54, 1.807) is 0 Å². The smallest absolute Gasteiger partial charge is 0.447 e. The van der Waals surface area contributed by atoms with Crippen LogP contribution in [0.25, 0.3) is 0 Å². The topological polar surface area (TPSA) is 50.2 Å². The Balaban J connectivity index is 2.97. The highest BCUT2D eigenvalue weighted by Crippen LogP contribution is 2.36. The molecule has 1 N–H and O–H groups in total. The number of halogens is 4. The molecule has 1 aromatic rings. The van der Waals surface area contributed by atoms with E-state index in [1.165, 1.54) is 0 Å². The average Bonchev–Trinajstić information content (AvgIpc) is 1.99. The third-order valence-electron chi connectivity index (χ3n) is 1.28. The van der Waals surface area contributed by atoms with E-state index in [4.69, 9.17) is 16.7 Å². The Kier molecular flexibility index (Phi) is 3.46. The molecule has 0 aliphatic heterocycles. The van der Waals surface area contributed by atoms with Crippen molar-refractivity contribution in [1.29, 1.82) is 0 Å². The van der Waals surface area contributed by atoms with Crippen molar-refractivity contribution in [1.82, 2.24) is 4.98 Å². The second-order valence-corrected chi connectivity index (χ2v) is 3.85. The fourth-order valence-electron chi connectivity index (χ4n) is 0.745. The molecule has 1 heterocycles. The Morgan fingerprint density at radius 1 is 1.53 bits per heavy atom. The van der Waals surface area contributed by atoms with Crippen molar-refractivity contribution < 1.29 is 23.1 Å². The zero-order valence-electron chi connectivity index (χ0n) is 6.88. The fourth-order valence-corrected chi connectivity index (χ4v) is 1.56. The fraction of sp³-hybridized carbons (Fsp3) is 0.143. The van der Waals surface area contributed by atoms with E-state index < -0.39 is 28.3 Å². The Bertz CT molecular complexity index is 396. The molecule has 0 unspecified atom stereocenters. The number of pyridine rings is 1. The normalized spacial score (nSPS) is 11.5. The van der Waals surface area contributed by atoms with Gasteiger partial charge in [-0.05, 0) is 6.07 Å². The largest absolute Gasteiger partial charge is 0.478 e. The van der Waals surface area contributed by atoms with E-state index in [2.05, 4.69) is 4.98 Å². The maximum Gasteiger partial charge on any atom is 0.447 e. The molecule has 1 aromatic heterocycles. The first-order valence-corrected chi connectivity index (χ1v) is 4.63. The van der Waals surface area contributed by atoms with Crippen molar-refractivity contribution in [3.05, 3.63) is 22.8 Å². The zero-order valence-corrected chi connectivity index (χ0v) is 8.45. The van der Waals surface area contributed by atoms with Crippen LogP contribution < -0.4 is 0 Å². The highest BCUT2D eigenvalue weighted by atomic mass is 35.5. The van der Waals surface area contributed by atoms with Gasteiger partial charge in [-0.3, -0.25) is 0 Å². The van der Waals surface area contributed by atoms with E-state index in [0.29, 0.717) is 0 Å². The van der Waals surface area contributed by atoms with Crippen LogP contribution in [-0.2, 0) is 0 Å². The third kappa shape index (κ3) is 3.60. The van der Waals surface area contributed by atoms with Gasteiger partial charge in [0.1, 0.15) is 5.03 Å². The van der Waals surface area contributed by atoms with Crippen molar-refractivity contribution in [2.45, 2.75) is 10.5 Å². The predicted octanol–water partition coefficient (Wildman–Crippen LogP) is 3.05. The average molecular weight is 258 g/mol. The molecule has 15 heavy (non-hydrogen) atoms. The van der Waals surface area contributed by atoms with Crippen molar-refractivity contribution >= 4 is 29.3 Å². The van der Waals surface area contributed by atoms with E-state index in [-0.39, 0.29) is 10.6 Å². The van der Waals surface area contributed by atoms with Gasteiger partial charge in [0.25, 0.3) is 0 Å². The Labute approximate surface area is 91.3 Å². The Morgan fingerprint density at radius 2 is 2.13 bits per heavy atom. The standard InChI is InChI=1S/C7H3ClF3NO2S/c8-4-1-5(15-7(9,10)11)12-2-3(4)6(13)14/h1-2H,(H,13,14). The maximum atomic E-state index is 11.9. The van der Waals surface area contributed by atoms with Crippen molar-refractivity contribution in [3.8, 4) is 0 Å². The minimum Gasteiger partial charge on any atom is -0.478 e. The number of nitrogens with zero attached hydrogens (tertiary/aromatic N) is 1. The lowest BCUT2D eigenvalue weighted by Gasteiger charge is -2.05. The molecular weight excluding hydrogens is 255 g/mol. The molecule has 8 heteroatoms. The van der Waals surface area contributed by atoms with Gasteiger partial charge in [-0.1, -0.05) is 11.6 Å². The maximum absolute atomic E-state index is 11.9. The quantitative estimate of drug-likeness (QED) is 0.828. The van der Waals surface area contributed by atoms with Crippen molar-refractivity contribution in [2.75, 3.05) is 0 Å². The summed E-state index contributed by atoms with van der Waals surface area (Å²) in [6.45, 7) is 0. The molecule has 0 saturated carbocycles. The molecule has 0 spiro atoms. The minimum atomic E-state index is -4.47. The number of hydrogen-bond donors (Lipinski definition) is 1. The van der Waals surface area contributed by atoms with Gasteiger partial charge < -0.3 is 5.11 Å². The summed E-state index contributed by atoms with van der Waals surface area (Å²) in [5.74, 6) is -1.34. The van der Waals surface area contributed by atoms with Gasteiger partial charge in [-0.15, -0.1) is 0 Å². The number of rotatable bonds is 2. The predicted molar refractivity (Wildman–Crippen MR) is 48.1 cm³/mol. The second kappa shape index (κ2) is 4.28. The van der Waals surface area contributed by atoms with E-state index in [9.17, 15) is 18.0 Å². The molecule has 0 amide bonds. The number of thioether (sulfide) groups is 1. The van der Waals surface area contributed by atoms with E-state index in [0.717, 1.165) is 12.3 Å². The zero-order chi connectivity index (χ0) is 11.6. The van der Waals surface area contributed by atoms with Crippen LogP contribution in [0.1, 0.15) is 10.4 Å². The van der Waals surface area contributed by atoms with Gasteiger partial charge in [0.2, 0.25) is 0 Å². The van der Waals surface area contributed by atoms with E-state index in [1.807, 2.05) is 0 Å². The van der Waals surface area contributed by atoms with Gasteiger partial charge in [0, 0.05) is 18.0 Å². The van der Waals surface area contributed by atoms with Crippen LogP contribution in [0, 0.1) is 0 Å². The lowest BCUT2D eigenvalue weighted by atomic mass is 10.3. The number of hydrogen-bond acceptors (Lipinski definition) is 3. The lowest BCUT2D eigenvalue weighted by Crippen LogP contribution is -2.02. The van der Waals surface area contributed by atoms with Crippen LogP contribution >= 0.6 is 23.4 Å². The minimum absolute atomic E-state index is 0.274. The molecule has 0 aliphatic rings. The summed E-state index contributed by atoms with van der Waals surface area (Å²) in [5, 5.41) is 7.87.